The number of carbonyl (C=O) groups is 1. The largest absolute Gasteiger partial charge is 0.397 e. The molecule has 5 heteroatoms. The van der Waals surface area contributed by atoms with Crippen molar-refractivity contribution in [2.24, 2.45) is 0 Å². The van der Waals surface area contributed by atoms with Gasteiger partial charge >= 0.3 is 0 Å². The number of rotatable bonds is 4. The number of nitrogens with zero attached hydrogens (tertiary/aromatic N) is 2. The van der Waals surface area contributed by atoms with E-state index < -0.39 is 0 Å². The summed E-state index contributed by atoms with van der Waals surface area (Å²) in [5, 5.41) is 3.60. The van der Waals surface area contributed by atoms with Crippen LogP contribution in [0.2, 0.25) is 0 Å². The van der Waals surface area contributed by atoms with Gasteiger partial charge < -0.3 is 16.0 Å². The summed E-state index contributed by atoms with van der Waals surface area (Å²) < 4.78 is 0. The highest BCUT2D eigenvalue weighted by Gasteiger charge is 2.13. The Morgan fingerprint density at radius 2 is 2.21 bits per heavy atom. The van der Waals surface area contributed by atoms with Crippen LogP contribution in [0, 0.1) is 0 Å². The maximum absolute atomic E-state index is 11.6. The van der Waals surface area contributed by atoms with Gasteiger partial charge in [0.15, 0.2) is 0 Å². The molecule has 0 saturated heterocycles. The van der Waals surface area contributed by atoms with E-state index in [1.54, 1.807) is 13.2 Å². The van der Waals surface area contributed by atoms with E-state index in [1.807, 2.05) is 36.1 Å². The molecule has 0 radical (unpaired) electrons. The number of aromatic nitrogens is 1. The van der Waals surface area contributed by atoms with Crippen LogP contribution in [-0.4, -0.2) is 31.0 Å². The lowest BCUT2D eigenvalue weighted by Gasteiger charge is -2.23. The summed E-state index contributed by atoms with van der Waals surface area (Å²) in [6.45, 7) is 3.07. The standard InChI is InChI=1S/C14H18N4O/c1-3-18(9-13(19)16-2)12-7-6-11(15)14-10(12)5-4-8-17-14/h4-8H,3,9,15H2,1-2H3,(H,16,19). The Labute approximate surface area is 112 Å². The van der Waals surface area contributed by atoms with Crippen molar-refractivity contribution in [3.63, 3.8) is 0 Å². The SMILES string of the molecule is CCN(CC(=O)NC)c1ccc(N)c2ncccc12. The Morgan fingerprint density at radius 1 is 1.42 bits per heavy atom. The highest BCUT2D eigenvalue weighted by atomic mass is 16.1. The molecule has 100 valence electrons. The number of nitrogens with one attached hydrogen (secondary N) is 1. The first-order chi connectivity index (χ1) is 9.17. The van der Waals surface area contributed by atoms with Crippen LogP contribution in [0.15, 0.2) is 30.5 Å². The molecule has 19 heavy (non-hydrogen) atoms. The summed E-state index contributed by atoms with van der Waals surface area (Å²) in [5.41, 5.74) is 8.33. The van der Waals surface area contributed by atoms with Gasteiger partial charge in [-0.15, -0.1) is 0 Å². The van der Waals surface area contributed by atoms with Crippen molar-refractivity contribution in [2.75, 3.05) is 30.8 Å². The second-order valence-corrected chi connectivity index (χ2v) is 4.26. The smallest absolute Gasteiger partial charge is 0.239 e. The number of nitrogen functional groups attached to an aromatic ring is 1. The minimum Gasteiger partial charge on any atom is -0.397 e. The van der Waals surface area contributed by atoms with E-state index in [4.69, 9.17) is 5.73 Å². The Morgan fingerprint density at radius 3 is 2.89 bits per heavy atom. The molecule has 0 aliphatic heterocycles. The van der Waals surface area contributed by atoms with Gasteiger partial charge in [0.1, 0.15) is 0 Å². The fourth-order valence-corrected chi connectivity index (χ4v) is 2.07. The molecule has 0 saturated carbocycles. The molecule has 0 unspecified atom stereocenters. The molecule has 0 atom stereocenters. The first kappa shape index (κ1) is 13.1. The fourth-order valence-electron chi connectivity index (χ4n) is 2.07. The number of carbonyl (C=O) groups excluding carboxylic acids is 1. The van der Waals surface area contributed by atoms with Gasteiger partial charge in [-0.25, -0.2) is 0 Å². The van der Waals surface area contributed by atoms with E-state index >= 15 is 0 Å². The van der Waals surface area contributed by atoms with Crippen molar-refractivity contribution < 1.29 is 4.79 Å². The fraction of sp³-hybridized carbons (Fsp3) is 0.286. The summed E-state index contributed by atoms with van der Waals surface area (Å²) >= 11 is 0. The molecular weight excluding hydrogens is 240 g/mol. The van der Waals surface area contributed by atoms with Gasteiger partial charge in [0, 0.05) is 30.9 Å². The number of fused-ring (bicyclic) bond motifs is 1. The zero-order valence-corrected chi connectivity index (χ0v) is 11.2. The third-order valence-electron chi connectivity index (χ3n) is 3.11. The average Bonchev–Trinajstić information content (AvgIpc) is 2.45. The predicted octanol–water partition coefficient (Wildman–Crippen LogP) is 1.39. The van der Waals surface area contributed by atoms with E-state index in [1.165, 1.54) is 0 Å². The quantitative estimate of drug-likeness (QED) is 0.813. The number of hydrogen-bond donors (Lipinski definition) is 2. The second kappa shape index (κ2) is 5.56. The van der Waals surface area contributed by atoms with Crippen LogP contribution in [0.5, 0.6) is 0 Å². The maximum atomic E-state index is 11.6. The summed E-state index contributed by atoms with van der Waals surface area (Å²) in [5.74, 6) is -0.0179. The van der Waals surface area contributed by atoms with Gasteiger partial charge in [-0.2, -0.15) is 0 Å². The summed E-state index contributed by atoms with van der Waals surface area (Å²) in [6.07, 6.45) is 1.72. The molecule has 1 heterocycles. The van der Waals surface area contributed by atoms with Crippen LogP contribution in [0.25, 0.3) is 10.9 Å². The summed E-state index contributed by atoms with van der Waals surface area (Å²) in [7, 11) is 1.64. The number of likely N-dealkylation sites (N-methyl/N-ethyl adjacent to an activating group) is 2. The molecule has 0 bridgehead atoms. The van der Waals surface area contributed by atoms with E-state index in [2.05, 4.69) is 10.3 Å². The van der Waals surface area contributed by atoms with Crippen LogP contribution in [-0.2, 0) is 4.79 Å². The van der Waals surface area contributed by atoms with Crippen LogP contribution in [0.1, 0.15) is 6.92 Å². The normalized spacial score (nSPS) is 10.4. The van der Waals surface area contributed by atoms with Gasteiger partial charge in [-0.05, 0) is 31.2 Å². The first-order valence-corrected chi connectivity index (χ1v) is 6.26. The van der Waals surface area contributed by atoms with Crippen molar-refractivity contribution in [1.29, 1.82) is 0 Å². The van der Waals surface area contributed by atoms with E-state index in [0.29, 0.717) is 12.2 Å². The van der Waals surface area contributed by atoms with Crippen molar-refractivity contribution >= 4 is 28.2 Å². The van der Waals surface area contributed by atoms with Gasteiger partial charge in [0.2, 0.25) is 5.91 Å². The zero-order chi connectivity index (χ0) is 13.8. The minimum atomic E-state index is -0.0179. The lowest BCUT2D eigenvalue weighted by molar-refractivity contribution is -0.119. The Kier molecular flexibility index (Phi) is 3.85. The highest BCUT2D eigenvalue weighted by molar-refractivity contribution is 5.99. The number of pyridine rings is 1. The highest BCUT2D eigenvalue weighted by Crippen LogP contribution is 2.29. The molecule has 1 aromatic carbocycles. The average molecular weight is 258 g/mol. The number of benzene rings is 1. The molecule has 0 aliphatic rings. The molecule has 1 amide bonds. The lowest BCUT2D eigenvalue weighted by Crippen LogP contribution is -2.35. The van der Waals surface area contributed by atoms with Crippen molar-refractivity contribution in [3.8, 4) is 0 Å². The molecule has 0 aliphatic carbocycles. The zero-order valence-electron chi connectivity index (χ0n) is 11.2. The lowest BCUT2D eigenvalue weighted by atomic mass is 10.1. The van der Waals surface area contributed by atoms with Crippen molar-refractivity contribution in [3.05, 3.63) is 30.5 Å². The van der Waals surface area contributed by atoms with E-state index in [-0.39, 0.29) is 5.91 Å². The van der Waals surface area contributed by atoms with Gasteiger partial charge in [0.25, 0.3) is 0 Å². The Bertz CT molecular complexity index is 597. The Hall–Kier alpha value is -2.30. The molecule has 3 N–H and O–H groups in total. The molecule has 0 fully saturated rings. The molecule has 2 aromatic rings. The van der Waals surface area contributed by atoms with Crippen LogP contribution in [0.3, 0.4) is 0 Å². The number of nitrogens with two attached hydrogens (primary N) is 1. The van der Waals surface area contributed by atoms with Crippen molar-refractivity contribution in [2.45, 2.75) is 6.92 Å². The molecule has 0 spiro atoms. The number of anilines is 2. The summed E-state index contributed by atoms with van der Waals surface area (Å²) in [4.78, 5) is 17.9. The van der Waals surface area contributed by atoms with Crippen molar-refractivity contribution in [1.82, 2.24) is 10.3 Å². The molecular formula is C14H18N4O. The third-order valence-corrected chi connectivity index (χ3v) is 3.11. The monoisotopic (exact) mass is 258 g/mol. The summed E-state index contributed by atoms with van der Waals surface area (Å²) in [6, 6.07) is 7.61. The van der Waals surface area contributed by atoms with Gasteiger partial charge in [0.05, 0.1) is 17.7 Å². The number of hydrogen-bond acceptors (Lipinski definition) is 4. The Balaban J connectivity index is 2.49. The van der Waals surface area contributed by atoms with Crippen LogP contribution < -0.4 is 16.0 Å². The molecule has 2 rings (SSSR count). The molecule has 1 aromatic heterocycles. The minimum absolute atomic E-state index is 0.0179. The van der Waals surface area contributed by atoms with Crippen LogP contribution >= 0.6 is 0 Å². The first-order valence-electron chi connectivity index (χ1n) is 6.26. The van der Waals surface area contributed by atoms with E-state index in [0.717, 1.165) is 23.1 Å². The maximum Gasteiger partial charge on any atom is 0.239 e. The third kappa shape index (κ3) is 2.59. The predicted molar refractivity (Wildman–Crippen MR) is 78.1 cm³/mol. The topological polar surface area (TPSA) is 71.2 Å². The molecule has 5 nitrogen and oxygen atoms in total. The number of amides is 1. The van der Waals surface area contributed by atoms with Gasteiger partial charge in [-0.1, -0.05) is 0 Å². The van der Waals surface area contributed by atoms with E-state index in [9.17, 15) is 4.79 Å². The van der Waals surface area contributed by atoms with Gasteiger partial charge in [-0.3, -0.25) is 9.78 Å². The second-order valence-electron chi connectivity index (χ2n) is 4.26. The van der Waals surface area contributed by atoms with Crippen LogP contribution in [0.4, 0.5) is 11.4 Å².